The van der Waals surface area contributed by atoms with Crippen molar-refractivity contribution in [2.45, 2.75) is 45.2 Å². The fraction of sp³-hybridized carbons (Fsp3) is 0.368. The highest BCUT2D eigenvalue weighted by Gasteiger charge is 2.44. The predicted octanol–water partition coefficient (Wildman–Crippen LogP) is 2.23. The molecule has 0 saturated heterocycles. The van der Waals surface area contributed by atoms with Crippen LogP contribution in [-0.2, 0) is 6.42 Å². The molecular formula is C19H21N5O3. The number of hydrogen-bond donors (Lipinski definition) is 3. The molecule has 1 aromatic carbocycles. The molecule has 2 aliphatic rings. The highest BCUT2D eigenvalue weighted by molar-refractivity contribution is 6.22. The molecule has 1 saturated carbocycles. The number of hydrogen-bond acceptors (Lipinski definition) is 4. The molecule has 0 spiro atoms. The summed E-state index contributed by atoms with van der Waals surface area (Å²) >= 11 is 0. The first kappa shape index (κ1) is 17.3. The van der Waals surface area contributed by atoms with Gasteiger partial charge < -0.3 is 10.6 Å². The third-order valence-corrected chi connectivity index (χ3v) is 4.74. The molecule has 1 aliphatic carbocycles. The van der Waals surface area contributed by atoms with Gasteiger partial charge in [-0.2, -0.15) is 5.10 Å². The first-order chi connectivity index (χ1) is 12.9. The van der Waals surface area contributed by atoms with Crippen molar-refractivity contribution in [3.8, 4) is 0 Å². The number of urea groups is 1. The van der Waals surface area contributed by atoms with Gasteiger partial charge in [0.25, 0.3) is 11.8 Å². The summed E-state index contributed by atoms with van der Waals surface area (Å²) in [6.45, 7) is 3.81. The van der Waals surface area contributed by atoms with Gasteiger partial charge in [0, 0.05) is 29.9 Å². The molecule has 8 heteroatoms. The monoisotopic (exact) mass is 367 g/mol. The van der Waals surface area contributed by atoms with Crippen molar-refractivity contribution in [3.63, 3.8) is 0 Å². The molecule has 27 heavy (non-hydrogen) atoms. The maximum atomic E-state index is 12.5. The third-order valence-electron chi connectivity index (χ3n) is 4.74. The van der Waals surface area contributed by atoms with Gasteiger partial charge in [0.1, 0.15) is 0 Å². The summed E-state index contributed by atoms with van der Waals surface area (Å²) in [6.07, 6.45) is 2.34. The van der Waals surface area contributed by atoms with E-state index in [-0.39, 0.29) is 29.9 Å². The second kappa shape index (κ2) is 6.53. The molecule has 1 atom stereocenters. The standard InChI is InChI=1S/C19H21N5O3/c1-10(7-13-8-11(2)22-23-13)20-19(27)21-12-3-6-15-16(9-12)18(26)24(17(15)25)14-4-5-14/h3,6,8-10,14H,4-5,7H2,1-2H3,(H,22,23)(H2,20,21,27)/t10-/m1/s1. The minimum absolute atomic E-state index is 0.0311. The number of aryl methyl sites for hydroxylation is 1. The zero-order valence-electron chi connectivity index (χ0n) is 15.2. The van der Waals surface area contributed by atoms with Crippen LogP contribution in [-0.4, -0.2) is 45.0 Å². The normalized spacial score (nSPS) is 17.0. The summed E-state index contributed by atoms with van der Waals surface area (Å²) in [5.74, 6) is -0.514. The number of aromatic nitrogens is 2. The molecule has 4 rings (SSSR count). The molecule has 8 nitrogen and oxygen atoms in total. The van der Waals surface area contributed by atoms with E-state index >= 15 is 0 Å². The van der Waals surface area contributed by atoms with Gasteiger partial charge >= 0.3 is 6.03 Å². The number of aromatic amines is 1. The summed E-state index contributed by atoms with van der Waals surface area (Å²) in [5.41, 5.74) is 3.08. The van der Waals surface area contributed by atoms with Crippen molar-refractivity contribution >= 4 is 23.5 Å². The molecular weight excluding hydrogens is 346 g/mol. The maximum Gasteiger partial charge on any atom is 0.319 e. The van der Waals surface area contributed by atoms with Crippen LogP contribution in [0.5, 0.6) is 0 Å². The molecule has 2 aromatic rings. The molecule has 1 fully saturated rings. The Bertz CT molecular complexity index is 931. The Labute approximate surface area is 156 Å². The summed E-state index contributed by atoms with van der Waals surface area (Å²) in [4.78, 5) is 38.4. The van der Waals surface area contributed by atoms with Crippen molar-refractivity contribution in [3.05, 3.63) is 46.8 Å². The number of nitrogens with zero attached hydrogens (tertiary/aromatic N) is 2. The number of carbonyl (C=O) groups excluding carboxylic acids is 3. The molecule has 0 unspecified atom stereocenters. The quantitative estimate of drug-likeness (QED) is 0.704. The fourth-order valence-corrected chi connectivity index (χ4v) is 3.34. The van der Waals surface area contributed by atoms with Crippen LogP contribution in [0.4, 0.5) is 10.5 Å². The Kier molecular flexibility index (Phi) is 4.18. The predicted molar refractivity (Wildman–Crippen MR) is 98.6 cm³/mol. The third kappa shape index (κ3) is 3.42. The van der Waals surface area contributed by atoms with Gasteiger partial charge in [0.15, 0.2) is 0 Å². The van der Waals surface area contributed by atoms with E-state index in [2.05, 4.69) is 20.8 Å². The number of amides is 4. The van der Waals surface area contributed by atoms with Gasteiger partial charge in [-0.15, -0.1) is 0 Å². The molecule has 1 aromatic heterocycles. The van der Waals surface area contributed by atoms with E-state index in [1.807, 2.05) is 19.9 Å². The Morgan fingerprint density at radius 3 is 2.67 bits per heavy atom. The van der Waals surface area contributed by atoms with E-state index in [9.17, 15) is 14.4 Å². The van der Waals surface area contributed by atoms with Gasteiger partial charge in [-0.3, -0.25) is 19.6 Å². The van der Waals surface area contributed by atoms with Crippen molar-refractivity contribution in [2.24, 2.45) is 0 Å². The maximum absolute atomic E-state index is 12.5. The first-order valence-electron chi connectivity index (χ1n) is 9.02. The lowest BCUT2D eigenvalue weighted by Crippen LogP contribution is -2.37. The van der Waals surface area contributed by atoms with E-state index in [1.165, 1.54) is 4.90 Å². The molecule has 2 heterocycles. The van der Waals surface area contributed by atoms with E-state index in [0.29, 0.717) is 23.2 Å². The SMILES string of the molecule is Cc1cc(C[C@@H](C)NC(=O)Nc2ccc3c(c2)C(=O)N(C2CC2)C3=O)n[nH]1. The lowest BCUT2D eigenvalue weighted by molar-refractivity contribution is 0.0642. The van der Waals surface area contributed by atoms with E-state index in [1.54, 1.807) is 18.2 Å². The van der Waals surface area contributed by atoms with Gasteiger partial charge in [-0.05, 0) is 51.0 Å². The zero-order valence-corrected chi connectivity index (χ0v) is 15.2. The highest BCUT2D eigenvalue weighted by Crippen LogP contribution is 2.35. The lowest BCUT2D eigenvalue weighted by atomic mass is 10.1. The summed E-state index contributed by atoms with van der Waals surface area (Å²) in [6, 6.07) is 6.29. The van der Waals surface area contributed by atoms with Crippen molar-refractivity contribution in [1.82, 2.24) is 20.4 Å². The number of nitrogens with one attached hydrogen (secondary N) is 3. The van der Waals surface area contributed by atoms with Gasteiger partial charge in [0.05, 0.1) is 16.8 Å². The van der Waals surface area contributed by atoms with Gasteiger partial charge in [0.2, 0.25) is 0 Å². The average molecular weight is 367 g/mol. The smallest absolute Gasteiger partial charge is 0.319 e. The molecule has 140 valence electrons. The van der Waals surface area contributed by atoms with Crippen LogP contribution >= 0.6 is 0 Å². The van der Waals surface area contributed by atoms with Crippen LogP contribution in [0.2, 0.25) is 0 Å². The lowest BCUT2D eigenvalue weighted by Gasteiger charge is -2.14. The molecule has 3 N–H and O–H groups in total. The van der Waals surface area contributed by atoms with Crippen LogP contribution < -0.4 is 10.6 Å². The van der Waals surface area contributed by atoms with E-state index < -0.39 is 0 Å². The van der Waals surface area contributed by atoms with Crippen molar-refractivity contribution in [2.75, 3.05) is 5.32 Å². The van der Waals surface area contributed by atoms with Crippen molar-refractivity contribution in [1.29, 1.82) is 0 Å². The van der Waals surface area contributed by atoms with Crippen molar-refractivity contribution < 1.29 is 14.4 Å². The van der Waals surface area contributed by atoms with Crippen LogP contribution in [0, 0.1) is 6.92 Å². The fourth-order valence-electron chi connectivity index (χ4n) is 3.34. The number of H-pyrrole nitrogens is 1. The minimum atomic E-state index is -0.370. The first-order valence-corrected chi connectivity index (χ1v) is 9.02. The van der Waals surface area contributed by atoms with Crippen LogP contribution in [0.25, 0.3) is 0 Å². The number of benzene rings is 1. The largest absolute Gasteiger partial charge is 0.335 e. The second-order valence-corrected chi connectivity index (χ2v) is 7.22. The number of anilines is 1. The molecule has 4 amide bonds. The summed E-state index contributed by atoms with van der Waals surface area (Å²) in [5, 5.41) is 12.6. The topological polar surface area (TPSA) is 107 Å². The Balaban J connectivity index is 1.39. The number of fused-ring (bicyclic) bond motifs is 1. The number of imide groups is 1. The molecule has 0 radical (unpaired) electrons. The average Bonchev–Trinajstić information content (AvgIpc) is 3.31. The number of rotatable bonds is 5. The highest BCUT2D eigenvalue weighted by atomic mass is 16.2. The second-order valence-electron chi connectivity index (χ2n) is 7.22. The van der Waals surface area contributed by atoms with Gasteiger partial charge in [-0.25, -0.2) is 4.79 Å². The summed E-state index contributed by atoms with van der Waals surface area (Å²) in [7, 11) is 0. The minimum Gasteiger partial charge on any atom is -0.335 e. The van der Waals surface area contributed by atoms with Gasteiger partial charge in [-0.1, -0.05) is 0 Å². The van der Waals surface area contributed by atoms with Crippen LogP contribution in [0.3, 0.4) is 0 Å². The van der Waals surface area contributed by atoms with Crippen LogP contribution in [0.1, 0.15) is 51.9 Å². The molecule has 1 aliphatic heterocycles. The molecule has 0 bridgehead atoms. The summed E-state index contributed by atoms with van der Waals surface area (Å²) < 4.78 is 0. The number of carbonyl (C=O) groups is 3. The van der Waals surface area contributed by atoms with E-state index in [0.717, 1.165) is 24.2 Å². The Morgan fingerprint density at radius 1 is 1.26 bits per heavy atom. The zero-order chi connectivity index (χ0) is 19.1. The van der Waals surface area contributed by atoms with E-state index in [4.69, 9.17) is 0 Å². The Hall–Kier alpha value is -3.16. The Morgan fingerprint density at radius 2 is 2.00 bits per heavy atom. The van der Waals surface area contributed by atoms with Crippen LogP contribution in [0.15, 0.2) is 24.3 Å².